The van der Waals surface area contributed by atoms with Crippen LogP contribution in [0.2, 0.25) is 0 Å². The van der Waals surface area contributed by atoms with Crippen molar-refractivity contribution in [3.8, 4) is 0 Å². The van der Waals surface area contributed by atoms with Gasteiger partial charge in [-0.05, 0) is 0 Å². The van der Waals surface area contributed by atoms with Crippen LogP contribution in [0.4, 0.5) is 5.13 Å². The monoisotopic (exact) mass is 220 g/mol. The summed E-state index contributed by atoms with van der Waals surface area (Å²) >= 11 is 0.816. The first kappa shape index (κ1) is 10.1. The van der Waals surface area contributed by atoms with Crippen LogP contribution in [0.1, 0.15) is 0 Å². The SMILES string of the molecule is C=CCNS(=O)(=O)c1nnc(N)s1. The molecule has 0 saturated carbocycles. The number of hydrogen-bond acceptors (Lipinski definition) is 6. The number of aromatic nitrogens is 2. The first-order valence-electron chi connectivity index (χ1n) is 3.26. The number of nitrogen functional groups attached to an aromatic ring is 1. The fourth-order valence-corrected chi connectivity index (χ4v) is 2.38. The Balaban J connectivity index is 2.87. The van der Waals surface area contributed by atoms with E-state index in [1.165, 1.54) is 6.08 Å². The van der Waals surface area contributed by atoms with E-state index in [0.717, 1.165) is 11.3 Å². The lowest BCUT2D eigenvalue weighted by molar-refractivity contribution is 0.583. The molecule has 0 spiro atoms. The van der Waals surface area contributed by atoms with Gasteiger partial charge in [-0.2, -0.15) is 0 Å². The van der Waals surface area contributed by atoms with Crippen LogP contribution in [0.5, 0.6) is 0 Å². The molecule has 0 aliphatic rings. The predicted octanol–water partition coefficient (Wildman–Crippen LogP) is -0.415. The van der Waals surface area contributed by atoms with E-state index in [2.05, 4.69) is 21.5 Å². The first-order chi connectivity index (χ1) is 6.06. The summed E-state index contributed by atoms with van der Waals surface area (Å²) in [6.45, 7) is 3.53. The van der Waals surface area contributed by atoms with Crippen molar-refractivity contribution in [2.75, 3.05) is 12.3 Å². The number of nitrogens with zero attached hydrogens (tertiary/aromatic N) is 2. The quantitative estimate of drug-likeness (QED) is 0.672. The van der Waals surface area contributed by atoms with Gasteiger partial charge in [0.25, 0.3) is 10.0 Å². The molecular formula is C5H8N4O2S2. The highest BCUT2D eigenvalue weighted by atomic mass is 32.2. The van der Waals surface area contributed by atoms with Crippen LogP contribution < -0.4 is 10.5 Å². The highest BCUT2D eigenvalue weighted by Crippen LogP contribution is 2.15. The van der Waals surface area contributed by atoms with Crippen LogP contribution in [0.25, 0.3) is 0 Å². The van der Waals surface area contributed by atoms with Gasteiger partial charge in [0.2, 0.25) is 9.47 Å². The number of anilines is 1. The molecule has 1 heterocycles. The second kappa shape index (κ2) is 3.81. The maximum atomic E-state index is 11.3. The largest absolute Gasteiger partial charge is 0.374 e. The molecule has 0 aliphatic carbocycles. The third kappa shape index (κ3) is 2.47. The third-order valence-corrected chi connectivity index (χ3v) is 3.61. The van der Waals surface area contributed by atoms with Crippen molar-refractivity contribution in [2.45, 2.75) is 4.34 Å². The zero-order valence-electron chi connectivity index (χ0n) is 6.60. The molecule has 0 bridgehead atoms. The third-order valence-electron chi connectivity index (χ3n) is 1.07. The van der Waals surface area contributed by atoms with Gasteiger partial charge in [0.15, 0.2) is 0 Å². The van der Waals surface area contributed by atoms with Crippen LogP contribution in [0.15, 0.2) is 17.0 Å². The van der Waals surface area contributed by atoms with Crippen molar-refractivity contribution in [3.63, 3.8) is 0 Å². The maximum absolute atomic E-state index is 11.3. The molecule has 1 aromatic rings. The Labute approximate surface area is 79.5 Å². The van der Waals surface area contributed by atoms with Crippen LogP contribution in [-0.2, 0) is 10.0 Å². The van der Waals surface area contributed by atoms with Gasteiger partial charge in [-0.15, -0.1) is 16.8 Å². The standard InChI is InChI=1S/C5H8N4O2S2/c1-2-3-7-13(10,11)5-9-8-4(6)12-5/h2,7H,1,3H2,(H2,6,8). The normalized spacial score (nSPS) is 11.4. The summed E-state index contributed by atoms with van der Waals surface area (Å²) in [6, 6.07) is 0. The smallest absolute Gasteiger partial charge is 0.270 e. The summed E-state index contributed by atoms with van der Waals surface area (Å²) < 4.78 is 24.7. The molecule has 13 heavy (non-hydrogen) atoms. The molecule has 0 atom stereocenters. The Morgan fingerprint density at radius 1 is 1.62 bits per heavy atom. The summed E-state index contributed by atoms with van der Waals surface area (Å²) in [4.78, 5) is 0. The Morgan fingerprint density at radius 2 is 2.31 bits per heavy atom. The second-order valence-electron chi connectivity index (χ2n) is 2.05. The van der Waals surface area contributed by atoms with Gasteiger partial charge in [0.05, 0.1) is 0 Å². The number of nitrogens with one attached hydrogen (secondary N) is 1. The van der Waals surface area contributed by atoms with E-state index in [0.29, 0.717) is 0 Å². The minimum atomic E-state index is -3.56. The Bertz CT molecular complexity index is 396. The summed E-state index contributed by atoms with van der Waals surface area (Å²) in [7, 11) is -3.56. The lowest BCUT2D eigenvalue weighted by atomic mass is 10.7. The summed E-state index contributed by atoms with van der Waals surface area (Å²) in [5, 5.41) is 6.92. The van der Waals surface area contributed by atoms with E-state index >= 15 is 0 Å². The molecular weight excluding hydrogens is 212 g/mol. The van der Waals surface area contributed by atoms with Crippen molar-refractivity contribution in [1.29, 1.82) is 0 Å². The van der Waals surface area contributed by atoms with E-state index in [1.807, 2.05) is 0 Å². The number of nitrogens with two attached hydrogens (primary N) is 1. The molecule has 0 saturated heterocycles. The second-order valence-corrected chi connectivity index (χ2v) is 5.00. The van der Waals surface area contributed by atoms with Crippen molar-refractivity contribution >= 4 is 26.5 Å². The van der Waals surface area contributed by atoms with Crippen molar-refractivity contribution in [3.05, 3.63) is 12.7 Å². The van der Waals surface area contributed by atoms with Gasteiger partial charge in [0, 0.05) is 6.54 Å². The summed E-state index contributed by atoms with van der Waals surface area (Å²) in [5.41, 5.74) is 5.24. The Hall–Kier alpha value is -0.990. The minimum absolute atomic E-state index is 0.124. The molecule has 0 radical (unpaired) electrons. The molecule has 72 valence electrons. The maximum Gasteiger partial charge on any atom is 0.270 e. The number of rotatable bonds is 4. The predicted molar refractivity (Wildman–Crippen MR) is 49.7 cm³/mol. The fraction of sp³-hybridized carbons (Fsp3) is 0.200. The van der Waals surface area contributed by atoms with Gasteiger partial charge in [0.1, 0.15) is 0 Å². The lowest BCUT2D eigenvalue weighted by Crippen LogP contribution is -2.23. The van der Waals surface area contributed by atoms with Crippen molar-refractivity contribution in [1.82, 2.24) is 14.9 Å². The minimum Gasteiger partial charge on any atom is -0.374 e. The molecule has 0 unspecified atom stereocenters. The lowest BCUT2D eigenvalue weighted by Gasteiger charge is -1.97. The average molecular weight is 220 g/mol. The molecule has 0 aromatic carbocycles. The van der Waals surface area contributed by atoms with Crippen LogP contribution in [0, 0.1) is 0 Å². The Kier molecular flexibility index (Phi) is 2.96. The van der Waals surface area contributed by atoms with Crippen LogP contribution >= 0.6 is 11.3 Å². The summed E-state index contributed by atoms with van der Waals surface area (Å²) in [5.74, 6) is 0. The van der Waals surface area contributed by atoms with Crippen molar-refractivity contribution in [2.24, 2.45) is 0 Å². The van der Waals surface area contributed by atoms with Crippen LogP contribution in [0.3, 0.4) is 0 Å². The highest BCUT2D eigenvalue weighted by molar-refractivity contribution is 7.91. The van der Waals surface area contributed by atoms with Gasteiger partial charge < -0.3 is 5.73 Å². The van der Waals surface area contributed by atoms with Crippen molar-refractivity contribution < 1.29 is 8.42 Å². The van der Waals surface area contributed by atoms with E-state index in [-0.39, 0.29) is 16.0 Å². The molecule has 0 amide bonds. The molecule has 0 fully saturated rings. The molecule has 3 N–H and O–H groups in total. The fourth-order valence-electron chi connectivity index (χ4n) is 0.559. The number of hydrogen-bond donors (Lipinski definition) is 2. The average Bonchev–Trinajstić information content (AvgIpc) is 2.49. The van der Waals surface area contributed by atoms with E-state index < -0.39 is 10.0 Å². The molecule has 1 aromatic heterocycles. The number of sulfonamides is 1. The van der Waals surface area contributed by atoms with E-state index in [9.17, 15) is 8.42 Å². The van der Waals surface area contributed by atoms with Gasteiger partial charge in [-0.1, -0.05) is 17.4 Å². The van der Waals surface area contributed by atoms with Crippen LogP contribution in [-0.4, -0.2) is 25.2 Å². The van der Waals surface area contributed by atoms with Gasteiger partial charge in [-0.3, -0.25) is 0 Å². The topological polar surface area (TPSA) is 98.0 Å². The first-order valence-corrected chi connectivity index (χ1v) is 5.56. The zero-order valence-corrected chi connectivity index (χ0v) is 8.23. The van der Waals surface area contributed by atoms with Gasteiger partial charge in [-0.25, -0.2) is 13.1 Å². The molecule has 1 rings (SSSR count). The highest BCUT2D eigenvalue weighted by Gasteiger charge is 2.17. The summed E-state index contributed by atoms with van der Waals surface area (Å²) in [6.07, 6.45) is 1.43. The van der Waals surface area contributed by atoms with E-state index in [1.54, 1.807) is 0 Å². The van der Waals surface area contributed by atoms with Gasteiger partial charge >= 0.3 is 0 Å². The zero-order chi connectivity index (χ0) is 9.90. The molecule has 0 aliphatic heterocycles. The van der Waals surface area contributed by atoms with E-state index in [4.69, 9.17) is 5.73 Å². The molecule has 6 nitrogen and oxygen atoms in total. The molecule has 8 heteroatoms. The Morgan fingerprint density at radius 3 is 2.77 bits per heavy atom.